The summed E-state index contributed by atoms with van der Waals surface area (Å²) >= 11 is 0. The molecule has 0 N–H and O–H groups in total. The maximum absolute atomic E-state index is 13.6. The molecule has 2 fully saturated rings. The van der Waals surface area contributed by atoms with Crippen LogP contribution in [0.5, 0.6) is 0 Å². The number of hydrogen-bond donors (Lipinski definition) is 0. The van der Waals surface area contributed by atoms with Crippen LogP contribution in [0.3, 0.4) is 0 Å². The summed E-state index contributed by atoms with van der Waals surface area (Å²) in [5, 5.41) is 10.8. The Morgan fingerprint density at radius 2 is 1.61 bits per heavy atom. The minimum absolute atomic E-state index is 0.0626. The third kappa shape index (κ3) is 4.67. The Balaban J connectivity index is 1.33. The van der Waals surface area contributed by atoms with Crippen molar-refractivity contribution < 1.29 is 31.1 Å². The molecule has 38 heavy (non-hydrogen) atoms. The van der Waals surface area contributed by atoms with Gasteiger partial charge in [0.25, 0.3) is 5.82 Å². The molecule has 0 bridgehead atoms. The number of rotatable bonds is 3. The van der Waals surface area contributed by atoms with Gasteiger partial charge in [-0.05, 0) is 38.8 Å². The highest BCUT2D eigenvalue weighted by molar-refractivity contribution is 5.86. The van der Waals surface area contributed by atoms with Gasteiger partial charge in [-0.15, -0.1) is 15.3 Å². The van der Waals surface area contributed by atoms with Crippen molar-refractivity contribution in [3.8, 4) is 0 Å². The fraction of sp³-hybridized carbons (Fsp3) is 0.545. The van der Waals surface area contributed by atoms with Crippen molar-refractivity contribution in [3.63, 3.8) is 0 Å². The lowest BCUT2D eigenvalue weighted by Gasteiger charge is -2.45. The van der Waals surface area contributed by atoms with E-state index < -0.39 is 29.8 Å². The number of piperazine rings is 1. The lowest BCUT2D eigenvalue weighted by molar-refractivity contribution is -0.146. The first kappa shape index (κ1) is 25.9. The zero-order valence-corrected chi connectivity index (χ0v) is 20.3. The van der Waals surface area contributed by atoms with E-state index in [1.165, 1.54) is 12.1 Å². The first-order chi connectivity index (χ1) is 17.8. The summed E-state index contributed by atoms with van der Waals surface area (Å²) in [4.78, 5) is 26.5. The number of amides is 1. The minimum Gasteiger partial charge on any atom is -0.343 e. The average Bonchev–Trinajstić information content (AvgIpc) is 3.49. The maximum atomic E-state index is 13.6. The van der Waals surface area contributed by atoms with Gasteiger partial charge in [0.05, 0.1) is 5.56 Å². The zero-order chi connectivity index (χ0) is 27.4. The van der Waals surface area contributed by atoms with Gasteiger partial charge < -0.3 is 14.7 Å². The number of fused-ring (bicyclic) bond motifs is 1. The molecular formula is C22H23F6N9O. The van der Waals surface area contributed by atoms with Crippen LogP contribution in [0.4, 0.5) is 38.1 Å². The molecule has 3 aromatic heterocycles. The van der Waals surface area contributed by atoms with Crippen molar-refractivity contribution in [1.29, 1.82) is 0 Å². The van der Waals surface area contributed by atoms with E-state index in [9.17, 15) is 31.1 Å². The molecule has 3 atom stereocenters. The molecule has 2 saturated heterocycles. The molecule has 0 saturated carbocycles. The van der Waals surface area contributed by atoms with Gasteiger partial charge in [0, 0.05) is 44.1 Å². The van der Waals surface area contributed by atoms with Crippen LogP contribution in [0.2, 0.25) is 0 Å². The highest BCUT2D eigenvalue weighted by Crippen LogP contribution is 2.32. The highest BCUT2D eigenvalue weighted by atomic mass is 19.4. The molecule has 10 nitrogen and oxygen atoms in total. The largest absolute Gasteiger partial charge is 0.453 e. The number of anilines is 2. The number of carbonyl (C=O) groups is 1. The van der Waals surface area contributed by atoms with Crippen LogP contribution in [-0.2, 0) is 17.1 Å². The van der Waals surface area contributed by atoms with Crippen LogP contribution in [-0.4, -0.2) is 78.3 Å². The fourth-order valence-electron chi connectivity index (χ4n) is 5.12. The molecule has 2 aliphatic heterocycles. The molecule has 5 rings (SSSR count). The number of alkyl halides is 6. The van der Waals surface area contributed by atoms with Crippen molar-refractivity contribution in [2.75, 3.05) is 29.4 Å². The molecule has 1 amide bonds. The lowest BCUT2D eigenvalue weighted by Crippen LogP contribution is -2.61. The standard InChI is InChI=1S/C22H23F6N9O/c1-12-10-34(11-13(2)36(12)20-29-8-14(9-30-20)21(23,24)25)18(38)15-4-3-7-35(15)17-6-5-16-31-32-19(22(26,27)28)37(16)33-17/h5-6,8-9,12-13,15H,3-4,7,10-11H2,1-2H3. The summed E-state index contributed by atoms with van der Waals surface area (Å²) in [6, 6.07) is 1.67. The Morgan fingerprint density at radius 1 is 0.947 bits per heavy atom. The van der Waals surface area contributed by atoms with Gasteiger partial charge >= 0.3 is 12.4 Å². The molecule has 5 heterocycles. The number of halogens is 6. The van der Waals surface area contributed by atoms with E-state index in [2.05, 4.69) is 25.3 Å². The second-order valence-electron chi connectivity index (χ2n) is 9.45. The number of aromatic nitrogens is 6. The normalized spacial score (nSPS) is 22.9. The van der Waals surface area contributed by atoms with Gasteiger partial charge in [-0.2, -0.15) is 30.9 Å². The topological polar surface area (TPSA) is 95.7 Å². The second-order valence-corrected chi connectivity index (χ2v) is 9.45. The minimum atomic E-state index is -4.74. The molecule has 0 aromatic carbocycles. The molecule has 0 radical (unpaired) electrons. The molecule has 0 aliphatic carbocycles. The first-order valence-electron chi connectivity index (χ1n) is 11.9. The Morgan fingerprint density at radius 3 is 2.21 bits per heavy atom. The molecule has 3 unspecified atom stereocenters. The quantitative estimate of drug-likeness (QED) is 0.466. The Labute approximate surface area is 212 Å². The summed E-state index contributed by atoms with van der Waals surface area (Å²) in [6.45, 7) is 4.62. The summed E-state index contributed by atoms with van der Waals surface area (Å²) < 4.78 is 79.2. The summed E-state index contributed by atoms with van der Waals surface area (Å²) in [5.41, 5.74) is -1.01. The van der Waals surface area contributed by atoms with Crippen LogP contribution in [0.25, 0.3) is 5.65 Å². The number of hydrogen-bond acceptors (Lipinski definition) is 8. The van der Waals surface area contributed by atoms with E-state index in [0.717, 1.165) is 12.4 Å². The molecule has 204 valence electrons. The van der Waals surface area contributed by atoms with Crippen molar-refractivity contribution in [3.05, 3.63) is 35.9 Å². The van der Waals surface area contributed by atoms with Crippen LogP contribution in [0, 0.1) is 0 Å². The first-order valence-corrected chi connectivity index (χ1v) is 11.9. The van der Waals surface area contributed by atoms with Crippen molar-refractivity contribution in [2.24, 2.45) is 0 Å². The monoisotopic (exact) mass is 543 g/mol. The predicted molar refractivity (Wildman–Crippen MR) is 121 cm³/mol. The van der Waals surface area contributed by atoms with Crippen LogP contribution < -0.4 is 9.80 Å². The maximum Gasteiger partial charge on any atom is 0.453 e. The van der Waals surface area contributed by atoms with Crippen LogP contribution >= 0.6 is 0 Å². The Hall–Kier alpha value is -3.72. The van der Waals surface area contributed by atoms with Gasteiger partial charge in [-0.1, -0.05) is 0 Å². The molecule has 0 spiro atoms. The van der Waals surface area contributed by atoms with Crippen molar-refractivity contribution in [2.45, 2.75) is 57.2 Å². The van der Waals surface area contributed by atoms with E-state index >= 15 is 0 Å². The number of nitrogens with zero attached hydrogens (tertiary/aromatic N) is 9. The van der Waals surface area contributed by atoms with Gasteiger partial charge in [0.15, 0.2) is 5.65 Å². The predicted octanol–water partition coefficient (Wildman–Crippen LogP) is 3.05. The number of carbonyl (C=O) groups excluding carboxylic acids is 1. The molecule has 16 heteroatoms. The third-order valence-electron chi connectivity index (χ3n) is 6.76. The highest BCUT2D eigenvalue weighted by Gasteiger charge is 2.41. The van der Waals surface area contributed by atoms with E-state index in [0.29, 0.717) is 23.9 Å². The van der Waals surface area contributed by atoms with E-state index in [1.807, 2.05) is 13.8 Å². The lowest BCUT2D eigenvalue weighted by atomic mass is 10.1. The van der Waals surface area contributed by atoms with Gasteiger partial charge in [0.2, 0.25) is 11.9 Å². The summed E-state index contributed by atoms with van der Waals surface area (Å²) in [6.07, 6.45) is -6.67. The SMILES string of the molecule is CC1CN(C(=O)C2CCCN2c2ccc3nnc(C(F)(F)F)n3n2)CC(C)N1c1ncc(C(F)(F)F)cn1. The fourth-order valence-corrected chi connectivity index (χ4v) is 5.12. The van der Waals surface area contributed by atoms with Crippen molar-refractivity contribution in [1.82, 2.24) is 34.7 Å². The second kappa shape index (κ2) is 9.23. The Bertz CT molecular complexity index is 1310. The van der Waals surface area contributed by atoms with Crippen LogP contribution in [0.1, 0.15) is 38.1 Å². The van der Waals surface area contributed by atoms with Crippen LogP contribution in [0.15, 0.2) is 24.5 Å². The molecule has 3 aromatic rings. The molecule has 2 aliphatic rings. The van der Waals surface area contributed by atoms with E-state index in [-0.39, 0.29) is 48.5 Å². The van der Waals surface area contributed by atoms with Gasteiger partial charge in [0.1, 0.15) is 11.9 Å². The third-order valence-corrected chi connectivity index (χ3v) is 6.76. The smallest absolute Gasteiger partial charge is 0.343 e. The van der Waals surface area contributed by atoms with Crippen molar-refractivity contribution >= 4 is 23.3 Å². The zero-order valence-electron chi connectivity index (χ0n) is 20.3. The average molecular weight is 543 g/mol. The summed E-state index contributed by atoms with van der Waals surface area (Å²) in [7, 11) is 0. The van der Waals surface area contributed by atoms with E-state index in [4.69, 9.17) is 0 Å². The molecular weight excluding hydrogens is 520 g/mol. The van der Waals surface area contributed by atoms with Gasteiger partial charge in [-0.25, -0.2) is 9.97 Å². The Kier molecular flexibility index (Phi) is 6.30. The van der Waals surface area contributed by atoms with Gasteiger partial charge in [-0.3, -0.25) is 4.79 Å². The summed E-state index contributed by atoms with van der Waals surface area (Å²) in [5.74, 6) is -1.10. The van der Waals surface area contributed by atoms with E-state index in [1.54, 1.807) is 14.7 Å².